The maximum absolute atomic E-state index is 13.7. The minimum Gasteiger partial charge on any atom is -0.389 e. The number of β-amino-alcohol motifs (C(OH)–C–C–N with tert-alkyl or cyclic N) is 1. The van der Waals surface area contributed by atoms with Gasteiger partial charge >= 0.3 is 0 Å². The van der Waals surface area contributed by atoms with Crippen LogP contribution in [0.1, 0.15) is 11.1 Å². The van der Waals surface area contributed by atoms with E-state index in [1.807, 2.05) is 17.9 Å². The highest BCUT2D eigenvalue weighted by Gasteiger charge is 2.27. The van der Waals surface area contributed by atoms with Crippen molar-refractivity contribution < 1.29 is 13.5 Å². The summed E-state index contributed by atoms with van der Waals surface area (Å²) in [6.45, 7) is 3.12. The van der Waals surface area contributed by atoms with E-state index in [1.54, 1.807) is 60.9 Å². The van der Waals surface area contributed by atoms with E-state index in [1.165, 1.54) is 16.8 Å². The lowest BCUT2D eigenvalue weighted by Crippen LogP contribution is -2.50. The molecule has 204 valence electrons. The fourth-order valence-electron chi connectivity index (χ4n) is 4.79. The van der Waals surface area contributed by atoms with Crippen LogP contribution in [0.5, 0.6) is 0 Å². The Hall–Kier alpha value is -3.63. The first-order valence-electron chi connectivity index (χ1n) is 12.5. The lowest BCUT2D eigenvalue weighted by Gasteiger charge is -2.37. The quantitative estimate of drug-likeness (QED) is 0.299. The molecule has 0 saturated carbocycles. The molecule has 2 aromatic carbocycles. The molecular weight excluding hydrogens is 571 g/mol. The Morgan fingerprint density at radius 1 is 1.00 bits per heavy atom. The summed E-state index contributed by atoms with van der Waals surface area (Å²) in [7, 11) is -3.98. The third kappa shape index (κ3) is 4.79. The fourth-order valence-corrected chi connectivity index (χ4v) is 6.43. The number of benzene rings is 2. The highest BCUT2D eigenvalue weighted by molar-refractivity contribution is 7.90. The van der Waals surface area contributed by atoms with Crippen LogP contribution in [0.3, 0.4) is 0 Å². The topological polar surface area (TPSA) is 97.4 Å². The number of aromatic nitrogens is 3. The summed E-state index contributed by atoms with van der Waals surface area (Å²) in [5, 5.41) is 11.2. The van der Waals surface area contributed by atoms with Gasteiger partial charge in [0.15, 0.2) is 5.65 Å². The van der Waals surface area contributed by atoms with E-state index in [9.17, 15) is 18.3 Å². The maximum Gasteiger partial charge on any atom is 0.269 e. The van der Waals surface area contributed by atoms with Crippen LogP contribution < -0.4 is 10.5 Å². The number of fused-ring (bicyclic) bond motifs is 1. The highest BCUT2D eigenvalue weighted by atomic mass is 35.5. The first-order valence-corrected chi connectivity index (χ1v) is 14.7. The van der Waals surface area contributed by atoms with Gasteiger partial charge in [0.1, 0.15) is 0 Å². The first-order chi connectivity index (χ1) is 19.1. The summed E-state index contributed by atoms with van der Waals surface area (Å²) in [4.78, 5) is 19.8. The van der Waals surface area contributed by atoms with Gasteiger partial charge in [0, 0.05) is 42.5 Å². The lowest BCUT2D eigenvalue weighted by atomic mass is 10.1. The molecule has 1 saturated heterocycles. The van der Waals surface area contributed by atoms with Crippen LogP contribution in [0.25, 0.3) is 22.2 Å². The number of aryl methyl sites for hydroxylation is 1. The molecule has 1 N–H and O–H groups in total. The average Bonchev–Trinajstić information content (AvgIpc) is 3.30. The van der Waals surface area contributed by atoms with Crippen LogP contribution in [0.4, 0.5) is 5.69 Å². The summed E-state index contributed by atoms with van der Waals surface area (Å²) in [6.07, 6.45) is 4.37. The smallest absolute Gasteiger partial charge is 0.269 e. The molecule has 0 aliphatic carbocycles. The molecule has 0 unspecified atom stereocenters. The van der Waals surface area contributed by atoms with E-state index in [0.717, 1.165) is 20.8 Å². The number of pyridine rings is 2. The van der Waals surface area contributed by atoms with Gasteiger partial charge in [-0.15, -0.1) is 0 Å². The SMILES string of the molecule is Cc1ccc(S(=O)(=O)n2cc(-c3ccn(Cc4ccc(Cl)c(Cl)c4)c(=O)c3)c3cc(N4CC(O)C4)cnc32)cc1. The Morgan fingerprint density at radius 2 is 1.75 bits per heavy atom. The van der Waals surface area contributed by atoms with Crippen LogP contribution in [0.15, 0.2) is 88.9 Å². The van der Waals surface area contributed by atoms with Gasteiger partial charge in [-0.2, -0.15) is 0 Å². The van der Waals surface area contributed by atoms with Crippen molar-refractivity contribution in [3.63, 3.8) is 0 Å². The Labute approximate surface area is 240 Å². The highest BCUT2D eigenvalue weighted by Crippen LogP contribution is 2.35. The number of hydrogen-bond acceptors (Lipinski definition) is 6. The molecule has 40 heavy (non-hydrogen) atoms. The zero-order valence-electron chi connectivity index (χ0n) is 21.3. The van der Waals surface area contributed by atoms with Crippen molar-refractivity contribution >= 4 is 49.9 Å². The molecule has 6 rings (SSSR count). The Balaban J connectivity index is 1.46. The zero-order valence-corrected chi connectivity index (χ0v) is 23.7. The van der Waals surface area contributed by atoms with E-state index in [2.05, 4.69) is 4.98 Å². The van der Waals surface area contributed by atoms with E-state index >= 15 is 0 Å². The minimum absolute atomic E-state index is 0.135. The third-order valence-corrected chi connectivity index (χ3v) is 9.45. The second-order valence-electron chi connectivity index (χ2n) is 9.91. The van der Waals surface area contributed by atoms with Crippen molar-refractivity contribution in [2.24, 2.45) is 0 Å². The van der Waals surface area contributed by atoms with Crippen molar-refractivity contribution in [3.8, 4) is 11.1 Å². The van der Waals surface area contributed by atoms with Crippen LogP contribution >= 0.6 is 23.2 Å². The zero-order chi connectivity index (χ0) is 28.2. The molecule has 0 atom stereocenters. The van der Waals surface area contributed by atoms with Gasteiger partial charge < -0.3 is 14.6 Å². The molecule has 8 nitrogen and oxygen atoms in total. The first kappa shape index (κ1) is 26.6. The number of anilines is 1. The number of nitrogens with zero attached hydrogens (tertiary/aromatic N) is 4. The number of hydrogen-bond donors (Lipinski definition) is 1. The molecule has 0 radical (unpaired) electrons. The van der Waals surface area contributed by atoms with Gasteiger partial charge in [-0.1, -0.05) is 47.0 Å². The predicted molar refractivity (Wildman–Crippen MR) is 157 cm³/mol. The Bertz CT molecular complexity index is 1930. The molecule has 0 amide bonds. The molecule has 0 spiro atoms. The predicted octanol–water partition coefficient (Wildman–Crippen LogP) is 4.95. The second-order valence-corrected chi connectivity index (χ2v) is 12.5. The standard InChI is InChI=1S/C29H24Cl2N4O4S/c1-18-2-5-23(6-3-18)40(38,39)35-17-25(24-12-21(13-32-29(24)35)34-15-22(36)16-34)20-8-9-33(28(37)11-20)14-19-4-7-26(30)27(31)10-19/h2-13,17,22,36H,14-16H2,1H3. The number of halogens is 2. The third-order valence-electron chi connectivity index (χ3n) is 7.05. The van der Waals surface area contributed by atoms with E-state index in [4.69, 9.17) is 23.2 Å². The van der Waals surface area contributed by atoms with E-state index in [-0.39, 0.29) is 16.1 Å². The number of aliphatic hydroxyl groups excluding tert-OH is 1. The van der Waals surface area contributed by atoms with Crippen molar-refractivity contribution in [1.82, 2.24) is 13.5 Å². The van der Waals surface area contributed by atoms with E-state index in [0.29, 0.717) is 46.2 Å². The number of rotatable bonds is 6. The van der Waals surface area contributed by atoms with Crippen molar-refractivity contribution in [3.05, 3.63) is 111 Å². The van der Waals surface area contributed by atoms with Gasteiger partial charge in [0.05, 0.1) is 39.5 Å². The monoisotopic (exact) mass is 594 g/mol. The molecule has 4 heterocycles. The molecule has 5 aromatic rings. The molecule has 11 heteroatoms. The van der Waals surface area contributed by atoms with Gasteiger partial charge in [-0.05, 0) is 54.4 Å². The van der Waals surface area contributed by atoms with Gasteiger partial charge in [-0.3, -0.25) is 4.79 Å². The van der Waals surface area contributed by atoms with Crippen LogP contribution in [0.2, 0.25) is 10.0 Å². The van der Waals surface area contributed by atoms with Gasteiger partial charge in [0.2, 0.25) is 0 Å². The van der Waals surface area contributed by atoms with Gasteiger partial charge in [-0.25, -0.2) is 17.4 Å². The van der Waals surface area contributed by atoms with Crippen LogP contribution in [-0.2, 0) is 16.6 Å². The lowest BCUT2D eigenvalue weighted by molar-refractivity contribution is 0.142. The summed E-state index contributed by atoms with van der Waals surface area (Å²) in [5.74, 6) is 0. The fraction of sp³-hybridized carbons (Fsp3) is 0.172. The molecule has 3 aromatic heterocycles. The van der Waals surface area contributed by atoms with Gasteiger partial charge in [0.25, 0.3) is 15.6 Å². The number of aliphatic hydroxyl groups is 1. The Kier molecular flexibility index (Phi) is 6.70. The summed E-state index contributed by atoms with van der Waals surface area (Å²) >= 11 is 12.2. The molecule has 1 aliphatic rings. The Morgan fingerprint density at radius 3 is 2.42 bits per heavy atom. The molecule has 1 fully saturated rings. The summed E-state index contributed by atoms with van der Waals surface area (Å²) in [6, 6.07) is 16.9. The maximum atomic E-state index is 13.7. The normalized spacial score (nSPS) is 14.1. The van der Waals surface area contributed by atoms with Crippen LogP contribution in [0, 0.1) is 6.92 Å². The van der Waals surface area contributed by atoms with Crippen molar-refractivity contribution in [2.45, 2.75) is 24.5 Å². The van der Waals surface area contributed by atoms with Crippen molar-refractivity contribution in [1.29, 1.82) is 0 Å². The molecule has 0 bridgehead atoms. The molecular formula is C29H24Cl2N4O4S. The summed E-state index contributed by atoms with van der Waals surface area (Å²) < 4.78 is 30.1. The summed E-state index contributed by atoms with van der Waals surface area (Å²) in [5.41, 5.74) is 3.62. The molecule has 1 aliphatic heterocycles. The minimum atomic E-state index is -3.98. The largest absolute Gasteiger partial charge is 0.389 e. The second kappa shape index (κ2) is 10.1. The van der Waals surface area contributed by atoms with E-state index < -0.39 is 16.1 Å². The van der Waals surface area contributed by atoms with Crippen LogP contribution in [-0.4, -0.2) is 46.2 Å². The average molecular weight is 596 g/mol. The van der Waals surface area contributed by atoms with Crippen molar-refractivity contribution in [2.75, 3.05) is 18.0 Å².